The number of imidazole rings is 1. The van der Waals surface area contributed by atoms with Crippen LogP contribution in [-0.2, 0) is 11.3 Å². The van der Waals surface area contributed by atoms with Crippen LogP contribution in [-0.4, -0.2) is 46.2 Å². The lowest BCUT2D eigenvalue weighted by Gasteiger charge is -2.16. The van der Waals surface area contributed by atoms with E-state index in [0.717, 1.165) is 30.4 Å². The Morgan fingerprint density at radius 1 is 1.14 bits per heavy atom. The summed E-state index contributed by atoms with van der Waals surface area (Å²) in [6.07, 6.45) is 4.64. The average Bonchev–Trinajstić information content (AvgIpc) is 3.19. The number of hydrogen-bond acceptors (Lipinski definition) is 4. The fourth-order valence-corrected chi connectivity index (χ4v) is 3.94. The molecule has 0 fully saturated rings. The summed E-state index contributed by atoms with van der Waals surface area (Å²) in [4.78, 5) is 18.9. The summed E-state index contributed by atoms with van der Waals surface area (Å²) in [5, 5.41) is 3.84. The molecule has 0 saturated heterocycles. The highest BCUT2D eigenvalue weighted by Gasteiger charge is 2.10. The zero-order valence-corrected chi connectivity index (χ0v) is 17.9. The van der Waals surface area contributed by atoms with Crippen LogP contribution in [0.4, 0.5) is 0 Å². The highest BCUT2D eigenvalue weighted by atomic mass is 32.2. The first-order valence-corrected chi connectivity index (χ1v) is 10.8. The minimum Gasteiger partial charge on any atom is -0.355 e. The lowest BCUT2D eigenvalue weighted by molar-refractivity contribution is -0.118. The molecular formula is C23H28N4OS. The topological polar surface area (TPSA) is 50.2 Å². The predicted molar refractivity (Wildman–Crippen MR) is 119 cm³/mol. The molecule has 2 aromatic carbocycles. The van der Waals surface area contributed by atoms with Gasteiger partial charge in [-0.15, -0.1) is 0 Å². The third-order valence-electron chi connectivity index (χ3n) is 4.65. The second-order valence-corrected chi connectivity index (χ2v) is 8.02. The van der Waals surface area contributed by atoms with Gasteiger partial charge in [-0.25, -0.2) is 4.98 Å². The quantitative estimate of drug-likeness (QED) is 0.408. The van der Waals surface area contributed by atoms with Gasteiger partial charge in [0.15, 0.2) is 5.16 Å². The summed E-state index contributed by atoms with van der Waals surface area (Å²) in [5.41, 5.74) is 3.57. The van der Waals surface area contributed by atoms with E-state index >= 15 is 0 Å². The standard InChI is InChI=1S/C23H28N4OS/c1-19-9-6-7-12-21(19)27-16-14-25-23(27)29-18-22(28)24-13-8-15-26(2)17-20-10-4-3-5-11-20/h3-7,9-12,14,16H,8,13,15,17-18H2,1-2H3,(H,24,28). The van der Waals surface area contributed by atoms with Crippen molar-refractivity contribution in [2.24, 2.45) is 0 Å². The number of carbonyl (C=O) groups is 1. The smallest absolute Gasteiger partial charge is 0.230 e. The zero-order chi connectivity index (χ0) is 20.5. The molecule has 0 aliphatic carbocycles. The summed E-state index contributed by atoms with van der Waals surface area (Å²) in [5.74, 6) is 0.406. The molecule has 0 aliphatic rings. The molecule has 0 bridgehead atoms. The molecule has 0 atom stereocenters. The maximum Gasteiger partial charge on any atom is 0.230 e. The van der Waals surface area contributed by atoms with Crippen LogP contribution >= 0.6 is 11.8 Å². The van der Waals surface area contributed by atoms with Crippen LogP contribution in [0, 0.1) is 6.92 Å². The summed E-state index contributed by atoms with van der Waals surface area (Å²) in [7, 11) is 2.11. The lowest BCUT2D eigenvalue weighted by Crippen LogP contribution is -2.29. The van der Waals surface area contributed by atoms with E-state index in [1.54, 1.807) is 6.20 Å². The summed E-state index contributed by atoms with van der Waals surface area (Å²) < 4.78 is 2.03. The summed E-state index contributed by atoms with van der Waals surface area (Å²) in [6.45, 7) is 4.63. The Kier molecular flexibility index (Phi) is 7.90. The van der Waals surface area contributed by atoms with Gasteiger partial charge in [0.05, 0.1) is 11.4 Å². The molecule has 0 aliphatic heterocycles. The van der Waals surface area contributed by atoms with Crippen molar-refractivity contribution in [3.8, 4) is 5.69 Å². The Balaban J connectivity index is 1.38. The molecule has 1 heterocycles. The summed E-state index contributed by atoms with van der Waals surface area (Å²) in [6, 6.07) is 18.6. The number of aromatic nitrogens is 2. The van der Waals surface area contributed by atoms with Crippen molar-refractivity contribution in [2.45, 2.75) is 25.0 Å². The Morgan fingerprint density at radius 2 is 1.90 bits per heavy atom. The molecule has 1 N–H and O–H groups in total. The van der Waals surface area contributed by atoms with Crippen molar-refractivity contribution < 1.29 is 4.79 Å². The third kappa shape index (κ3) is 6.48. The molecule has 29 heavy (non-hydrogen) atoms. The number of carbonyl (C=O) groups excluding carboxylic acids is 1. The van der Waals surface area contributed by atoms with Gasteiger partial charge in [-0.05, 0) is 44.1 Å². The molecule has 0 unspecified atom stereocenters. The van der Waals surface area contributed by atoms with Crippen molar-refractivity contribution in [2.75, 3.05) is 25.9 Å². The predicted octanol–water partition coefficient (Wildman–Crippen LogP) is 3.91. The van der Waals surface area contributed by atoms with Crippen molar-refractivity contribution in [1.82, 2.24) is 19.8 Å². The molecule has 0 saturated carbocycles. The molecule has 0 spiro atoms. The number of nitrogens with one attached hydrogen (secondary N) is 1. The van der Waals surface area contributed by atoms with Gasteiger partial charge in [0.2, 0.25) is 5.91 Å². The largest absolute Gasteiger partial charge is 0.355 e. The van der Waals surface area contributed by atoms with Gasteiger partial charge in [0, 0.05) is 25.5 Å². The first-order valence-electron chi connectivity index (χ1n) is 9.85. The Morgan fingerprint density at radius 3 is 2.69 bits per heavy atom. The summed E-state index contributed by atoms with van der Waals surface area (Å²) >= 11 is 1.46. The molecule has 6 heteroatoms. The van der Waals surface area contributed by atoms with Gasteiger partial charge in [-0.1, -0.05) is 60.3 Å². The molecule has 1 amide bonds. The van der Waals surface area contributed by atoms with Gasteiger partial charge in [-0.2, -0.15) is 0 Å². The van der Waals surface area contributed by atoms with Gasteiger partial charge in [0.1, 0.15) is 0 Å². The molecular weight excluding hydrogens is 380 g/mol. The second kappa shape index (κ2) is 10.8. The average molecular weight is 409 g/mol. The number of nitrogens with zero attached hydrogens (tertiary/aromatic N) is 3. The molecule has 152 valence electrons. The number of benzene rings is 2. The fraction of sp³-hybridized carbons (Fsp3) is 0.304. The van der Waals surface area contributed by atoms with Crippen LogP contribution in [0.1, 0.15) is 17.5 Å². The fourth-order valence-electron chi connectivity index (χ4n) is 3.15. The van der Waals surface area contributed by atoms with E-state index in [9.17, 15) is 4.79 Å². The molecule has 1 aromatic heterocycles. The number of rotatable bonds is 10. The van der Waals surface area contributed by atoms with Gasteiger partial charge >= 0.3 is 0 Å². The zero-order valence-electron chi connectivity index (χ0n) is 17.0. The first-order chi connectivity index (χ1) is 14.1. The maximum absolute atomic E-state index is 12.2. The van der Waals surface area contributed by atoms with Crippen LogP contribution in [0.3, 0.4) is 0 Å². The highest BCUT2D eigenvalue weighted by molar-refractivity contribution is 7.99. The SMILES string of the molecule is Cc1ccccc1-n1ccnc1SCC(=O)NCCCN(C)Cc1ccccc1. The molecule has 3 rings (SSSR count). The molecule has 0 radical (unpaired) electrons. The van der Waals surface area contributed by atoms with Gasteiger partial charge in [0.25, 0.3) is 0 Å². The van der Waals surface area contributed by atoms with E-state index in [2.05, 4.69) is 65.6 Å². The number of para-hydroxylation sites is 1. The third-order valence-corrected chi connectivity index (χ3v) is 5.62. The number of amides is 1. The number of aryl methyl sites for hydroxylation is 1. The molecule has 5 nitrogen and oxygen atoms in total. The van der Waals surface area contributed by atoms with Crippen LogP contribution in [0.2, 0.25) is 0 Å². The van der Waals surface area contributed by atoms with Gasteiger partial charge in [-0.3, -0.25) is 9.36 Å². The number of hydrogen-bond donors (Lipinski definition) is 1. The van der Waals surface area contributed by atoms with E-state index in [1.807, 2.05) is 29.0 Å². The Hall–Kier alpha value is -2.57. The van der Waals surface area contributed by atoms with Crippen LogP contribution in [0.25, 0.3) is 5.69 Å². The van der Waals surface area contributed by atoms with E-state index < -0.39 is 0 Å². The second-order valence-electron chi connectivity index (χ2n) is 7.08. The van der Waals surface area contributed by atoms with Crippen molar-refractivity contribution in [3.05, 3.63) is 78.1 Å². The minimum absolute atomic E-state index is 0.0417. The Labute approximate surface area is 177 Å². The lowest BCUT2D eigenvalue weighted by atomic mass is 10.2. The maximum atomic E-state index is 12.2. The molecule has 3 aromatic rings. The van der Waals surface area contributed by atoms with E-state index in [0.29, 0.717) is 12.3 Å². The van der Waals surface area contributed by atoms with Gasteiger partial charge < -0.3 is 10.2 Å². The Bertz CT molecular complexity index is 910. The van der Waals surface area contributed by atoms with Crippen molar-refractivity contribution in [3.63, 3.8) is 0 Å². The monoisotopic (exact) mass is 408 g/mol. The van der Waals surface area contributed by atoms with Crippen LogP contribution in [0.15, 0.2) is 72.1 Å². The van der Waals surface area contributed by atoms with E-state index in [4.69, 9.17) is 0 Å². The van der Waals surface area contributed by atoms with Crippen molar-refractivity contribution >= 4 is 17.7 Å². The van der Waals surface area contributed by atoms with Crippen LogP contribution < -0.4 is 5.32 Å². The van der Waals surface area contributed by atoms with E-state index in [1.165, 1.54) is 22.9 Å². The minimum atomic E-state index is 0.0417. The number of thioether (sulfide) groups is 1. The van der Waals surface area contributed by atoms with E-state index in [-0.39, 0.29) is 5.91 Å². The van der Waals surface area contributed by atoms with Crippen LogP contribution in [0.5, 0.6) is 0 Å². The first kappa shape index (κ1) is 21.1. The normalized spacial score (nSPS) is 11.0. The van der Waals surface area contributed by atoms with Crippen molar-refractivity contribution in [1.29, 1.82) is 0 Å². The highest BCUT2D eigenvalue weighted by Crippen LogP contribution is 2.22.